The van der Waals surface area contributed by atoms with Gasteiger partial charge >= 0.3 is 0 Å². The third-order valence-electron chi connectivity index (χ3n) is 4.23. The van der Waals surface area contributed by atoms with E-state index in [9.17, 15) is 4.79 Å². The van der Waals surface area contributed by atoms with Crippen molar-refractivity contribution in [2.45, 2.75) is 31.3 Å². The van der Waals surface area contributed by atoms with Crippen LogP contribution in [0.4, 0.5) is 11.4 Å². The van der Waals surface area contributed by atoms with Gasteiger partial charge in [-0.15, -0.1) is 23.2 Å². The van der Waals surface area contributed by atoms with Crippen LogP contribution < -0.4 is 10.2 Å². The molecule has 0 aromatic heterocycles. The molecule has 1 heterocycles. The normalized spacial score (nSPS) is 20.4. The molecule has 1 aliphatic rings. The van der Waals surface area contributed by atoms with Crippen molar-refractivity contribution in [2.24, 2.45) is 0 Å². The van der Waals surface area contributed by atoms with Crippen molar-refractivity contribution in [1.29, 1.82) is 0 Å². The van der Waals surface area contributed by atoms with Gasteiger partial charge in [0.1, 0.15) is 10.5 Å². The zero-order valence-corrected chi connectivity index (χ0v) is 14.7. The molecule has 0 unspecified atom stereocenters. The van der Waals surface area contributed by atoms with Gasteiger partial charge in [-0.05, 0) is 44.5 Å². The lowest BCUT2D eigenvalue weighted by atomic mass is 9.99. The van der Waals surface area contributed by atoms with Gasteiger partial charge in [0.05, 0.1) is 5.56 Å². The predicted molar refractivity (Wildman–Crippen MR) is 96.7 cm³/mol. The fourth-order valence-electron chi connectivity index (χ4n) is 3.01. The molecule has 0 saturated heterocycles. The second-order valence-electron chi connectivity index (χ2n) is 6.05. The first kappa shape index (κ1) is 16.2. The van der Waals surface area contributed by atoms with Crippen molar-refractivity contribution in [3.05, 3.63) is 59.2 Å². The van der Waals surface area contributed by atoms with E-state index in [2.05, 4.69) is 5.32 Å². The molecule has 0 spiro atoms. The number of nitrogens with one attached hydrogen (secondary N) is 1. The summed E-state index contributed by atoms with van der Waals surface area (Å²) in [6, 6.07) is 13.4. The Morgan fingerprint density at radius 3 is 2.48 bits per heavy atom. The van der Waals surface area contributed by atoms with E-state index in [4.69, 9.17) is 23.2 Å². The predicted octanol–water partition coefficient (Wildman–Crippen LogP) is 4.90. The van der Waals surface area contributed by atoms with Gasteiger partial charge in [-0.2, -0.15) is 0 Å². The maximum absolute atomic E-state index is 13.1. The lowest BCUT2D eigenvalue weighted by molar-refractivity contribution is 0.0960. The summed E-state index contributed by atoms with van der Waals surface area (Å²) in [5.74, 6) is -0.111. The lowest BCUT2D eigenvalue weighted by Crippen LogP contribution is -2.62. The first-order valence-corrected chi connectivity index (χ1v) is 8.29. The minimum absolute atomic E-state index is 0.111. The highest BCUT2D eigenvalue weighted by Gasteiger charge is 2.46. The van der Waals surface area contributed by atoms with Gasteiger partial charge in [0.25, 0.3) is 5.91 Å². The minimum Gasteiger partial charge on any atom is -0.360 e. The summed E-state index contributed by atoms with van der Waals surface area (Å²) in [6.45, 7) is 5.84. The molecule has 0 saturated carbocycles. The number of anilines is 2. The Labute approximate surface area is 146 Å². The fourth-order valence-corrected chi connectivity index (χ4v) is 3.31. The number of amides is 1. The number of nitrogens with zero attached hydrogens (tertiary/aromatic N) is 1. The smallest absolute Gasteiger partial charge is 0.262 e. The third-order valence-corrected chi connectivity index (χ3v) is 5.08. The largest absolute Gasteiger partial charge is 0.360 e. The van der Waals surface area contributed by atoms with E-state index < -0.39 is 10.5 Å². The van der Waals surface area contributed by atoms with Crippen molar-refractivity contribution in [3.63, 3.8) is 0 Å². The van der Waals surface area contributed by atoms with Crippen LogP contribution in [0.2, 0.25) is 0 Å². The highest BCUT2D eigenvalue weighted by molar-refractivity contribution is 6.46. The SMILES string of the molecule is Cc1ccc(N2C(=O)c3ccccc3N[C@]2(C)C(Cl)Cl)c(C)c1. The molecule has 1 aliphatic heterocycles. The molecular weight excluding hydrogens is 331 g/mol. The Bertz CT molecular complexity index is 775. The van der Waals surface area contributed by atoms with E-state index in [1.54, 1.807) is 11.0 Å². The Hall–Kier alpha value is -1.71. The van der Waals surface area contributed by atoms with Crippen molar-refractivity contribution >= 4 is 40.5 Å². The summed E-state index contributed by atoms with van der Waals surface area (Å²) in [6.07, 6.45) is 0. The molecule has 2 aromatic rings. The molecule has 0 bridgehead atoms. The van der Waals surface area contributed by atoms with Gasteiger partial charge in [-0.1, -0.05) is 29.8 Å². The molecule has 0 radical (unpaired) electrons. The summed E-state index contributed by atoms with van der Waals surface area (Å²) >= 11 is 12.5. The number of benzene rings is 2. The highest BCUT2D eigenvalue weighted by Crippen LogP contribution is 2.40. The summed E-state index contributed by atoms with van der Waals surface area (Å²) in [7, 11) is 0. The average Bonchev–Trinajstić information content (AvgIpc) is 2.49. The molecule has 0 fully saturated rings. The number of hydrogen-bond acceptors (Lipinski definition) is 2. The highest BCUT2D eigenvalue weighted by atomic mass is 35.5. The molecule has 0 aliphatic carbocycles. The summed E-state index contributed by atoms with van der Waals surface area (Å²) < 4.78 is 0. The number of halogens is 2. The Balaban J connectivity index is 2.21. The second kappa shape index (κ2) is 5.73. The van der Waals surface area contributed by atoms with Crippen LogP contribution in [0.1, 0.15) is 28.4 Å². The first-order valence-electron chi connectivity index (χ1n) is 7.42. The Kier molecular flexibility index (Phi) is 4.03. The van der Waals surface area contributed by atoms with Gasteiger partial charge in [0.2, 0.25) is 0 Å². The Morgan fingerprint density at radius 2 is 1.83 bits per heavy atom. The number of alkyl halides is 2. The minimum atomic E-state index is -0.936. The number of carbonyl (C=O) groups excluding carboxylic acids is 1. The molecule has 5 heteroatoms. The molecule has 120 valence electrons. The van der Waals surface area contributed by atoms with Gasteiger partial charge in [-0.3, -0.25) is 9.69 Å². The molecule has 3 rings (SSSR count). The number of aryl methyl sites for hydroxylation is 2. The topological polar surface area (TPSA) is 32.3 Å². The van der Waals surface area contributed by atoms with E-state index in [0.29, 0.717) is 5.56 Å². The van der Waals surface area contributed by atoms with E-state index >= 15 is 0 Å². The van der Waals surface area contributed by atoms with Crippen LogP contribution in [0.15, 0.2) is 42.5 Å². The van der Waals surface area contributed by atoms with E-state index in [1.807, 2.05) is 57.2 Å². The number of carbonyl (C=O) groups is 1. The zero-order valence-electron chi connectivity index (χ0n) is 13.2. The number of rotatable bonds is 2. The fraction of sp³-hybridized carbons (Fsp3) is 0.278. The number of para-hydroxylation sites is 1. The van der Waals surface area contributed by atoms with E-state index in [1.165, 1.54) is 0 Å². The third kappa shape index (κ3) is 2.58. The molecule has 3 nitrogen and oxygen atoms in total. The van der Waals surface area contributed by atoms with Crippen molar-refractivity contribution in [2.75, 3.05) is 10.2 Å². The van der Waals surface area contributed by atoms with E-state index in [-0.39, 0.29) is 5.91 Å². The molecule has 1 N–H and O–H groups in total. The quantitative estimate of drug-likeness (QED) is 0.783. The molecule has 1 atom stereocenters. The summed E-state index contributed by atoms with van der Waals surface area (Å²) in [5, 5.41) is 3.33. The van der Waals surface area contributed by atoms with Crippen molar-refractivity contribution in [3.8, 4) is 0 Å². The molecule has 1 amide bonds. The lowest BCUT2D eigenvalue weighted by Gasteiger charge is -2.47. The van der Waals surface area contributed by atoms with Crippen LogP contribution in [0.3, 0.4) is 0 Å². The molecule has 2 aromatic carbocycles. The molecular formula is C18H18Cl2N2O. The maximum Gasteiger partial charge on any atom is 0.262 e. The van der Waals surface area contributed by atoms with E-state index in [0.717, 1.165) is 22.5 Å². The summed E-state index contributed by atoms with van der Waals surface area (Å²) in [4.78, 5) is 14.0. The average molecular weight is 349 g/mol. The van der Waals surface area contributed by atoms with Crippen LogP contribution >= 0.6 is 23.2 Å². The van der Waals surface area contributed by atoms with Crippen LogP contribution in [-0.2, 0) is 0 Å². The first-order chi connectivity index (χ1) is 10.8. The summed E-state index contributed by atoms with van der Waals surface area (Å²) in [5.41, 5.74) is 3.36. The number of hydrogen-bond donors (Lipinski definition) is 1. The van der Waals surface area contributed by atoms with Crippen LogP contribution in [-0.4, -0.2) is 16.4 Å². The van der Waals surface area contributed by atoms with Gasteiger partial charge < -0.3 is 5.32 Å². The van der Waals surface area contributed by atoms with Crippen molar-refractivity contribution < 1.29 is 4.79 Å². The second-order valence-corrected chi connectivity index (χ2v) is 7.15. The Morgan fingerprint density at radius 1 is 1.13 bits per heavy atom. The van der Waals surface area contributed by atoms with Crippen LogP contribution in [0, 0.1) is 13.8 Å². The van der Waals surface area contributed by atoms with Gasteiger partial charge in [0, 0.05) is 11.4 Å². The van der Waals surface area contributed by atoms with Crippen molar-refractivity contribution in [1.82, 2.24) is 0 Å². The standard InChI is InChI=1S/C18H18Cl2N2O/c1-11-8-9-15(12(2)10-11)22-16(23)13-6-4-5-7-14(13)21-18(22,3)17(19)20/h4-10,17,21H,1-3H3/t18-/m0/s1. The van der Waals surface area contributed by atoms with Crippen LogP contribution in [0.5, 0.6) is 0 Å². The van der Waals surface area contributed by atoms with Gasteiger partial charge in [-0.25, -0.2) is 0 Å². The van der Waals surface area contributed by atoms with Gasteiger partial charge in [0.15, 0.2) is 0 Å². The number of fused-ring (bicyclic) bond motifs is 1. The zero-order chi connectivity index (χ0) is 16.8. The maximum atomic E-state index is 13.1. The molecule has 23 heavy (non-hydrogen) atoms. The van der Waals surface area contributed by atoms with Crippen LogP contribution in [0.25, 0.3) is 0 Å². The monoisotopic (exact) mass is 348 g/mol.